The Morgan fingerprint density at radius 2 is 2.30 bits per heavy atom. The molecular formula is C7H9FN2. The molecule has 1 rings (SSSR count). The Bertz CT molecular complexity index is 172. The molecule has 0 aliphatic heterocycles. The summed E-state index contributed by atoms with van der Waals surface area (Å²) < 4.78 is 11.9. The van der Waals surface area contributed by atoms with Crippen molar-refractivity contribution in [3.63, 3.8) is 0 Å². The highest BCUT2D eigenvalue weighted by Gasteiger charge is 1.91. The van der Waals surface area contributed by atoms with Crippen LogP contribution in [0.2, 0.25) is 0 Å². The van der Waals surface area contributed by atoms with E-state index in [1.807, 2.05) is 0 Å². The fraction of sp³-hybridized carbons (Fsp3) is 0.286. The lowest BCUT2D eigenvalue weighted by molar-refractivity contribution is 0.476. The maximum atomic E-state index is 11.9. The van der Waals surface area contributed by atoms with Crippen molar-refractivity contribution in [1.29, 1.82) is 0 Å². The van der Waals surface area contributed by atoms with Crippen molar-refractivity contribution < 1.29 is 4.39 Å². The predicted molar refractivity (Wildman–Crippen MR) is 36.9 cm³/mol. The summed E-state index contributed by atoms with van der Waals surface area (Å²) in [5.74, 6) is 0. The van der Waals surface area contributed by atoms with Crippen LogP contribution >= 0.6 is 0 Å². The number of pyridine rings is 1. The number of nitrogens with two attached hydrogens (primary N) is 1. The first kappa shape index (κ1) is 7.15. The van der Waals surface area contributed by atoms with Crippen LogP contribution in [0.5, 0.6) is 0 Å². The van der Waals surface area contributed by atoms with Gasteiger partial charge < -0.3 is 5.73 Å². The minimum absolute atomic E-state index is 0.456. The van der Waals surface area contributed by atoms with Crippen molar-refractivity contribution in [2.75, 3.05) is 0 Å². The van der Waals surface area contributed by atoms with Crippen molar-refractivity contribution in [2.45, 2.75) is 13.2 Å². The zero-order valence-electron chi connectivity index (χ0n) is 5.55. The first-order valence-corrected chi connectivity index (χ1v) is 3.06. The van der Waals surface area contributed by atoms with E-state index < -0.39 is 6.67 Å². The highest BCUT2D eigenvalue weighted by atomic mass is 19.1. The van der Waals surface area contributed by atoms with Gasteiger partial charge in [0.25, 0.3) is 0 Å². The number of rotatable bonds is 2. The molecule has 1 aromatic heterocycles. The van der Waals surface area contributed by atoms with Crippen molar-refractivity contribution >= 4 is 0 Å². The van der Waals surface area contributed by atoms with Gasteiger partial charge in [0.05, 0.1) is 5.69 Å². The van der Waals surface area contributed by atoms with E-state index in [-0.39, 0.29) is 0 Å². The number of nitrogens with zero attached hydrogens (tertiary/aromatic N) is 1. The SMILES string of the molecule is NCc1ccc(CF)nc1. The molecule has 10 heavy (non-hydrogen) atoms. The molecule has 1 aromatic rings. The summed E-state index contributed by atoms with van der Waals surface area (Å²) in [6.07, 6.45) is 1.59. The van der Waals surface area contributed by atoms with E-state index >= 15 is 0 Å². The molecule has 0 amide bonds. The van der Waals surface area contributed by atoms with Gasteiger partial charge in [0.15, 0.2) is 0 Å². The van der Waals surface area contributed by atoms with Gasteiger partial charge in [-0.05, 0) is 11.6 Å². The third-order valence-electron chi connectivity index (χ3n) is 1.26. The van der Waals surface area contributed by atoms with Crippen molar-refractivity contribution in [3.05, 3.63) is 29.6 Å². The predicted octanol–water partition coefficient (Wildman–Crippen LogP) is 1.01. The van der Waals surface area contributed by atoms with Gasteiger partial charge in [0.2, 0.25) is 0 Å². The molecule has 0 unspecified atom stereocenters. The standard InChI is InChI=1S/C7H9FN2/c8-3-7-2-1-6(4-9)5-10-7/h1-2,5H,3-4,9H2. The minimum atomic E-state index is -0.509. The molecular weight excluding hydrogens is 131 g/mol. The maximum Gasteiger partial charge on any atom is 0.131 e. The van der Waals surface area contributed by atoms with E-state index in [0.29, 0.717) is 12.2 Å². The molecule has 0 spiro atoms. The topological polar surface area (TPSA) is 38.9 Å². The summed E-state index contributed by atoms with van der Waals surface area (Å²) in [6, 6.07) is 3.42. The monoisotopic (exact) mass is 140 g/mol. The van der Waals surface area contributed by atoms with Crippen LogP contribution in [0.25, 0.3) is 0 Å². The van der Waals surface area contributed by atoms with Gasteiger partial charge in [-0.15, -0.1) is 0 Å². The van der Waals surface area contributed by atoms with Crippen LogP contribution < -0.4 is 5.73 Å². The molecule has 0 radical (unpaired) electrons. The molecule has 0 aromatic carbocycles. The van der Waals surface area contributed by atoms with Crippen LogP contribution in [0.3, 0.4) is 0 Å². The molecule has 0 aliphatic rings. The number of hydrogen-bond donors (Lipinski definition) is 1. The molecule has 1 heterocycles. The van der Waals surface area contributed by atoms with Gasteiger partial charge in [-0.1, -0.05) is 6.07 Å². The maximum absolute atomic E-state index is 11.9. The molecule has 3 heteroatoms. The fourth-order valence-corrected chi connectivity index (χ4v) is 0.655. The van der Waals surface area contributed by atoms with Gasteiger partial charge in [0.1, 0.15) is 6.67 Å². The molecule has 0 bridgehead atoms. The summed E-state index contributed by atoms with van der Waals surface area (Å²) in [4.78, 5) is 3.81. The number of halogens is 1. The van der Waals surface area contributed by atoms with Crippen LogP contribution in [0, 0.1) is 0 Å². The second-order valence-corrected chi connectivity index (χ2v) is 2.00. The zero-order chi connectivity index (χ0) is 7.40. The summed E-state index contributed by atoms with van der Waals surface area (Å²) in [5, 5.41) is 0. The Kier molecular flexibility index (Phi) is 2.34. The normalized spacial score (nSPS) is 9.80. The fourth-order valence-electron chi connectivity index (χ4n) is 0.655. The first-order chi connectivity index (χ1) is 4.86. The Morgan fingerprint density at radius 1 is 1.50 bits per heavy atom. The molecule has 0 saturated heterocycles. The minimum Gasteiger partial charge on any atom is -0.326 e. The second kappa shape index (κ2) is 3.27. The van der Waals surface area contributed by atoms with Gasteiger partial charge in [-0.3, -0.25) is 4.98 Å². The average Bonchev–Trinajstić information content (AvgIpc) is 2.05. The van der Waals surface area contributed by atoms with E-state index in [2.05, 4.69) is 4.98 Å². The Labute approximate surface area is 58.9 Å². The first-order valence-electron chi connectivity index (χ1n) is 3.06. The summed E-state index contributed by atoms with van der Waals surface area (Å²) in [5.41, 5.74) is 6.69. The molecule has 0 saturated carbocycles. The van der Waals surface area contributed by atoms with Crippen LogP contribution in [-0.4, -0.2) is 4.98 Å². The second-order valence-electron chi connectivity index (χ2n) is 2.00. The molecule has 0 fully saturated rings. The lowest BCUT2D eigenvalue weighted by Gasteiger charge is -1.95. The van der Waals surface area contributed by atoms with E-state index in [1.54, 1.807) is 18.3 Å². The lowest BCUT2D eigenvalue weighted by atomic mass is 10.2. The van der Waals surface area contributed by atoms with Gasteiger partial charge >= 0.3 is 0 Å². The van der Waals surface area contributed by atoms with E-state index in [0.717, 1.165) is 5.56 Å². The highest BCUT2D eigenvalue weighted by molar-refractivity contribution is 5.12. The third-order valence-corrected chi connectivity index (χ3v) is 1.26. The van der Waals surface area contributed by atoms with E-state index in [4.69, 9.17) is 5.73 Å². The largest absolute Gasteiger partial charge is 0.326 e. The molecule has 0 aliphatic carbocycles. The zero-order valence-corrected chi connectivity index (χ0v) is 5.55. The van der Waals surface area contributed by atoms with Crippen molar-refractivity contribution in [2.24, 2.45) is 5.73 Å². The van der Waals surface area contributed by atoms with Crippen LogP contribution in [0.15, 0.2) is 18.3 Å². The van der Waals surface area contributed by atoms with E-state index in [1.165, 1.54) is 0 Å². The van der Waals surface area contributed by atoms with Crippen LogP contribution in [0.1, 0.15) is 11.3 Å². The highest BCUT2D eigenvalue weighted by Crippen LogP contribution is 1.99. The smallest absolute Gasteiger partial charge is 0.131 e. The quantitative estimate of drug-likeness (QED) is 0.665. The van der Waals surface area contributed by atoms with Crippen molar-refractivity contribution in [1.82, 2.24) is 4.98 Å². The Hall–Kier alpha value is -0.960. The molecule has 0 atom stereocenters. The molecule has 2 nitrogen and oxygen atoms in total. The molecule has 54 valence electrons. The van der Waals surface area contributed by atoms with E-state index in [9.17, 15) is 4.39 Å². The number of aromatic nitrogens is 1. The third kappa shape index (κ3) is 1.51. The van der Waals surface area contributed by atoms with Gasteiger partial charge in [-0.2, -0.15) is 0 Å². The number of hydrogen-bond acceptors (Lipinski definition) is 2. The van der Waals surface area contributed by atoms with Gasteiger partial charge in [0, 0.05) is 12.7 Å². The van der Waals surface area contributed by atoms with Crippen molar-refractivity contribution in [3.8, 4) is 0 Å². The Morgan fingerprint density at radius 3 is 2.70 bits per heavy atom. The average molecular weight is 140 g/mol. The summed E-state index contributed by atoms with van der Waals surface area (Å²) in [6.45, 7) is -0.0512. The Balaban J connectivity index is 2.80. The lowest BCUT2D eigenvalue weighted by Crippen LogP contribution is -1.97. The number of alkyl halides is 1. The van der Waals surface area contributed by atoms with Gasteiger partial charge in [-0.25, -0.2) is 4.39 Å². The summed E-state index contributed by atoms with van der Waals surface area (Å²) >= 11 is 0. The van der Waals surface area contributed by atoms with Crippen LogP contribution in [-0.2, 0) is 13.2 Å². The molecule has 2 N–H and O–H groups in total. The summed E-state index contributed by atoms with van der Waals surface area (Å²) in [7, 11) is 0. The van der Waals surface area contributed by atoms with Crippen LogP contribution in [0.4, 0.5) is 4.39 Å².